The van der Waals surface area contributed by atoms with Crippen LogP contribution in [0.1, 0.15) is 19.4 Å². The number of benzene rings is 3. The van der Waals surface area contributed by atoms with E-state index in [4.69, 9.17) is 0 Å². The number of hydrogen-bond donors (Lipinski definition) is 1. The Balaban J connectivity index is 2.37. The highest BCUT2D eigenvalue weighted by Crippen LogP contribution is 2.27. The second-order valence-corrected chi connectivity index (χ2v) is 5.50. The van der Waals surface area contributed by atoms with E-state index in [1.54, 1.807) is 13.8 Å². The fraction of sp³-hybridized carbons (Fsp3) is 0.158. The fourth-order valence-corrected chi connectivity index (χ4v) is 2.38. The molecule has 0 heterocycles. The summed E-state index contributed by atoms with van der Waals surface area (Å²) in [5.74, 6) is 6.02. The Morgan fingerprint density at radius 3 is 2.35 bits per heavy atom. The molecule has 1 nitrogen and oxygen atoms in total. The zero-order valence-electron chi connectivity index (χ0n) is 11.6. The van der Waals surface area contributed by atoms with Gasteiger partial charge in [0.15, 0.2) is 0 Å². The first-order valence-electron chi connectivity index (χ1n) is 6.71. The quantitative estimate of drug-likeness (QED) is 0.476. The van der Waals surface area contributed by atoms with E-state index >= 15 is 0 Å². The van der Waals surface area contributed by atoms with E-state index in [-0.39, 0.29) is 0 Å². The number of hydrogen-bond acceptors (Lipinski definition) is 1. The first-order valence-corrected chi connectivity index (χ1v) is 6.71. The Morgan fingerprint density at radius 1 is 0.850 bits per heavy atom. The van der Waals surface area contributed by atoms with Gasteiger partial charge in [0.05, 0.1) is 0 Å². The lowest BCUT2D eigenvalue weighted by Gasteiger charge is -2.08. The van der Waals surface area contributed by atoms with Gasteiger partial charge < -0.3 is 5.11 Å². The zero-order chi connectivity index (χ0) is 14.2. The third-order valence-corrected chi connectivity index (χ3v) is 3.27. The molecule has 0 radical (unpaired) electrons. The largest absolute Gasteiger partial charge is 0.378 e. The highest BCUT2D eigenvalue weighted by Gasteiger charge is 2.07. The van der Waals surface area contributed by atoms with Crippen LogP contribution < -0.4 is 0 Å². The molecule has 0 saturated heterocycles. The molecule has 3 rings (SSSR count). The Hall–Kier alpha value is -2.30. The van der Waals surface area contributed by atoms with E-state index in [0.717, 1.165) is 10.9 Å². The van der Waals surface area contributed by atoms with E-state index in [1.807, 2.05) is 24.3 Å². The molecule has 0 aliphatic carbocycles. The van der Waals surface area contributed by atoms with Crippen molar-refractivity contribution in [1.29, 1.82) is 0 Å². The van der Waals surface area contributed by atoms with Gasteiger partial charge in [-0.25, -0.2) is 0 Å². The minimum atomic E-state index is -0.979. The zero-order valence-corrected chi connectivity index (χ0v) is 11.6. The van der Waals surface area contributed by atoms with Crippen molar-refractivity contribution in [1.82, 2.24) is 0 Å². The summed E-state index contributed by atoms with van der Waals surface area (Å²) >= 11 is 0. The molecule has 1 N–H and O–H groups in total. The van der Waals surface area contributed by atoms with Gasteiger partial charge >= 0.3 is 0 Å². The number of rotatable bonds is 0. The molecule has 0 fully saturated rings. The lowest BCUT2D eigenvalue weighted by atomic mass is 9.97. The second-order valence-electron chi connectivity index (χ2n) is 5.50. The minimum absolute atomic E-state index is 0.960. The van der Waals surface area contributed by atoms with Gasteiger partial charge in [0.2, 0.25) is 0 Å². The van der Waals surface area contributed by atoms with Crippen molar-refractivity contribution in [2.75, 3.05) is 0 Å². The lowest BCUT2D eigenvalue weighted by Crippen LogP contribution is -2.14. The van der Waals surface area contributed by atoms with Crippen LogP contribution in [0, 0.1) is 11.8 Å². The summed E-state index contributed by atoms with van der Waals surface area (Å²) in [6.45, 7) is 3.40. The predicted molar refractivity (Wildman–Crippen MR) is 84.6 cm³/mol. The van der Waals surface area contributed by atoms with Crippen LogP contribution in [0.3, 0.4) is 0 Å². The van der Waals surface area contributed by atoms with Crippen LogP contribution in [0.4, 0.5) is 0 Å². The Morgan fingerprint density at radius 2 is 1.55 bits per heavy atom. The average Bonchev–Trinajstić information content (AvgIpc) is 2.44. The molecule has 3 aromatic carbocycles. The molecule has 0 amide bonds. The lowest BCUT2D eigenvalue weighted by molar-refractivity contribution is 0.143. The molecule has 3 aromatic rings. The molecular weight excluding hydrogens is 244 g/mol. The van der Waals surface area contributed by atoms with Crippen LogP contribution >= 0.6 is 0 Å². The second kappa shape index (κ2) is 4.67. The van der Waals surface area contributed by atoms with Crippen LogP contribution in [0.5, 0.6) is 0 Å². The summed E-state index contributed by atoms with van der Waals surface area (Å²) in [5.41, 5.74) is -0.0198. The van der Waals surface area contributed by atoms with Gasteiger partial charge in [-0.3, -0.25) is 0 Å². The van der Waals surface area contributed by atoms with Crippen LogP contribution in [0.15, 0.2) is 54.6 Å². The predicted octanol–water partition coefficient (Wildman–Crippen LogP) is 4.12. The van der Waals surface area contributed by atoms with Crippen molar-refractivity contribution >= 4 is 21.5 Å². The molecule has 20 heavy (non-hydrogen) atoms. The van der Waals surface area contributed by atoms with E-state index in [9.17, 15) is 5.11 Å². The molecule has 0 spiro atoms. The van der Waals surface area contributed by atoms with Gasteiger partial charge in [0.25, 0.3) is 0 Å². The maximum atomic E-state index is 9.79. The highest BCUT2D eigenvalue weighted by atomic mass is 16.3. The van der Waals surface area contributed by atoms with Gasteiger partial charge in [-0.2, -0.15) is 0 Å². The van der Waals surface area contributed by atoms with E-state index in [1.165, 1.54) is 16.2 Å². The Kier molecular flexibility index (Phi) is 2.97. The SMILES string of the molecule is CC(C)(O)C#Cc1cccc2ccc3ccccc3c12. The summed E-state index contributed by atoms with van der Waals surface area (Å²) in [5, 5.41) is 14.5. The van der Waals surface area contributed by atoms with Crippen LogP contribution in [-0.2, 0) is 0 Å². The van der Waals surface area contributed by atoms with Crippen molar-refractivity contribution < 1.29 is 5.11 Å². The summed E-state index contributed by atoms with van der Waals surface area (Å²) in [7, 11) is 0. The topological polar surface area (TPSA) is 20.2 Å². The molecule has 0 unspecified atom stereocenters. The third kappa shape index (κ3) is 2.39. The smallest absolute Gasteiger partial charge is 0.120 e. The van der Waals surface area contributed by atoms with Gasteiger partial charge in [0, 0.05) is 10.9 Å². The van der Waals surface area contributed by atoms with Gasteiger partial charge in [0.1, 0.15) is 5.60 Å². The standard InChI is InChI=1S/C19H16O/c1-19(2,20)13-12-16-8-5-7-15-11-10-14-6-3-4-9-17(14)18(15)16/h3-11,20H,1-2H3. The molecule has 1 heteroatoms. The van der Waals surface area contributed by atoms with E-state index < -0.39 is 5.60 Å². The summed E-state index contributed by atoms with van der Waals surface area (Å²) in [6.07, 6.45) is 0. The third-order valence-electron chi connectivity index (χ3n) is 3.27. The van der Waals surface area contributed by atoms with Gasteiger partial charge in [-0.05, 0) is 36.1 Å². The number of aliphatic hydroxyl groups is 1. The summed E-state index contributed by atoms with van der Waals surface area (Å²) in [6, 6.07) is 18.7. The van der Waals surface area contributed by atoms with Crippen LogP contribution in [-0.4, -0.2) is 10.7 Å². The minimum Gasteiger partial charge on any atom is -0.378 e. The van der Waals surface area contributed by atoms with Gasteiger partial charge in [-0.15, -0.1) is 0 Å². The molecule has 98 valence electrons. The average molecular weight is 260 g/mol. The molecule has 0 aliphatic heterocycles. The molecule has 0 aliphatic rings. The maximum Gasteiger partial charge on any atom is 0.120 e. The Bertz CT molecular complexity index is 842. The van der Waals surface area contributed by atoms with Crippen molar-refractivity contribution in [3.05, 3.63) is 60.2 Å². The monoisotopic (exact) mass is 260 g/mol. The number of fused-ring (bicyclic) bond motifs is 3. The molecule has 0 bridgehead atoms. The van der Waals surface area contributed by atoms with E-state index in [2.05, 4.69) is 42.2 Å². The highest BCUT2D eigenvalue weighted by molar-refractivity contribution is 6.10. The molecule has 0 saturated carbocycles. The van der Waals surface area contributed by atoms with Crippen molar-refractivity contribution in [2.24, 2.45) is 0 Å². The normalized spacial score (nSPS) is 11.3. The van der Waals surface area contributed by atoms with Gasteiger partial charge in [-0.1, -0.05) is 60.4 Å². The fourth-order valence-electron chi connectivity index (χ4n) is 2.38. The Labute approximate surface area is 118 Å². The van der Waals surface area contributed by atoms with Crippen molar-refractivity contribution in [3.63, 3.8) is 0 Å². The summed E-state index contributed by atoms with van der Waals surface area (Å²) < 4.78 is 0. The first-order chi connectivity index (χ1) is 9.54. The molecular formula is C19H16O. The summed E-state index contributed by atoms with van der Waals surface area (Å²) in [4.78, 5) is 0. The van der Waals surface area contributed by atoms with Crippen molar-refractivity contribution in [2.45, 2.75) is 19.4 Å². The maximum absolute atomic E-state index is 9.79. The molecule has 0 aromatic heterocycles. The van der Waals surface area contributed by atoms with Crippen molar-refractivity contribution in [3.8, 4) is 11.8 Å². The molecule has 0 atom stereocenters. The van der Waals surface area contributed by atoms with Crippen LogP contribution in [0.25, 0.3) is 21.5 Å². The van der Waals surface area contributed by atoms with E-state index in [0.29, 0.717) is 0 Å². The van der Waals surface area contributed by atoms with Crippen LogP contribution in [0.2, 0.25) is 0 Å². The first kappa shape index (κ1) is 12.7.